The molecule has 0 aliphatic carbocycles. The van der Waals surface area contributed by atoms with Gasteiger partial charge < -0.3 is 4.90 Å². The van der Waals surface area contributed by atoms with Crippen LogP contribution < -0.4 is 4.90 Å². The molecule has 2 aromatic carbocycles. The summed E-state index contributed by atoms with van der Waals surface area (Å²) >= 11 is 0. The number of aromatic nitrogens is 2. The van der Waals surface area contributed by atoms with Crippen LogP contribution in [-0.2, 0) is 17.6 Å². The number of anilines is 1. The van der Waals surface area contributed by atoms with E-state index in [0.29, 0.717) is 37.3 Å². The third-order valence-electron chi connectivity index (χ3n) is 6.65. The average molecular weight is 441 g/mol. The Bertz CT molecular complexity index is 1160. The normalized spacial score (nSPS) is 17.8. The second kappa shape index (κ2) is 9.14. The molecule has 0 spiro atoms. The number of hydrogen-bond acceptors (Lipinski definition) is 4. The predicted molar refractivity (Wildman–Crippen MR) is 127 cm³/mol. The molecular formula is C27H28N4O2. The van der Waals surface area contributed by atoms with Gasteiger partial charge in [0.25, 0.3) is 5.91 Å². The lowest BCUT2D eigenvalue weighted by Gasteiger charge is -2.31. The summed E-state index contributed by atoms with van der Waals surface area (Å²) in [4.78, 5) is 39.5. The maximum Gasteiger partial charge on any atom is 0.254 e. The van der Waals surface area contributed by atoms with Crippen molar-refractivity contribution in [2.24, 2.45) is 0 Å². The molecule has 2 aliphatic heterocycles. The largest absolute Gasteiger partial charge is 0.328 e. The monoisotopic (exact) mass is 440 g/mol. The van der Waals surface area contributed by atoms with Crippen molar-refractivity contribution in [2.45, 2.75) is 45.1 Å². The second-order valence-corrected chi connectivity index (χ2v) is 8.77. The first kappa shape index (κ1) is 21.3. The van der Waals surface area contributed by atoms with Crippen molar-refractivity contribution >= 4 is 17.6 Å². The molecule has 1 aromatic heterocycles. The zero-order valence-electron chi connectivity index (χ0n) is 18.9. The van der Waals surface area contributed by atoms with Gasteiger partial charge in [-0.1, -0.05) is 48.5 Å². The molecule has 6 heteroatoms. The van der Waals surface area contributed by atoms with E-state index >= 15 is 0 Å². The van der Waals surface area contributed by atoms with E-state index in [-0.39, 0.29) is 17.9 Å². The number of rotatable bonds is 5. The lowest BCUT2D eigenvalue weighted by Crippen LogP contribution is -2.39. The van der Waals surface area contributed by atoms with Crippen LogP contribution >= 0.6 is 0 Å². The Morgan fingerprint density at radius 3 is 2.48 bits per heavy atom. The number of carbonyl (C=O) groups is 2. The minimum atomic E-state index is -0.172. The summed E-state index contributed by atoms with van der Waals surface area (Å²) < 4.78 is 0. The molecule has 0 saturated carbocycles. The molecule has 0 unspecified atom stereocenters. The van der Waals surface area contributed by atoms with E-state index in [1.54, 1.807) is 0 Å². The number of aryl methyl sites for hydroxylation is 1. The maximum absolute atomic E-state index is 13.2. The summed E-state index contributed by atoms with van der Waals surface area (Å²) in [7, 11) is 0. The third kappa shape index (κ3) is 4.25. The van der Waals surface area contributed by atoms with E-state index in [1.165, 1.54) is 5.56 Å². The van der Waals surface area contributed by atoms with Crippen LogP contribution in [0.25, 0.3) is 0 Å². The Balaban J connectivity index is 1.45. The SMILES string of the molecule is Cc1nc([C@H]2CCCN2C(=O)c2ccccc2)nc2c1CCC(=O)N2CCc1ccccc1. The molecule has 5 rings (SSSR count). The number of benzene rings is 2. The molecule has 3 heterocycles. The van der Waals surface area contributed by atoms with Crippen molar-refractivity contribution in [3.63, 3.8) is 0 Å². The number of fused-ring (bicyclic) bond motifs is 1. The van der Waals surface area contributed by atoms with Crippen molar-refractivity contribution in [1.29, 1.82) is 0 Å². The fourth-order valence-electron chi connectivity index (χ4n) is 4.89. The van der Waals surface area contributed by atoms with Gasteiger partial charge in [-0.25, -0.2) is 9.97 Å². The van der Waals surface area contributed by atoms with Gasteiger partial charge in [-0.15, -0.1) is 0 Å². The highest BCUT2D eigenvalue weighted by Gasteiger charge is 2.35. The minimum absolute atomic E-state index is 0.00841. The Morgan fingerprint density at radius 1 is 1.00 bits per heavy atom. The first-order chi connectivity index (χ1) is 16.1. The van der Waals surface area contributed by atoms with Crippen LogP contribution in [0.1, 0.15) is 58.3 Å². The van der Waals surface area contributed by atoms with E-state index in [0.717, 1.165) is 36.3 Å². The standard InChI is InChI=1S/C27H28N4O2/c1-19-22-14-15-24(32)31(18-16-20-9-4-2-5-10-20)26(22)29-25(28-19)23-13-8-17-30(23)27(33)21-11-6-3-7-12-21/h2-7,9-12,23H,8,13-18H2,1H3/t23-/m1/s1. The van der Waals surface area contributed by atoms with Gasteiger partial charge in [0, 0.05) is 36.3 Å². The minimum Gasteiger partial charge on any atom is -0.328 e. The van der Waals surface area contributed by atoms with Gasteiger partial charge in [0.2, 0.25) is 5.91 Å². The number of carbonyl (C=O) groups excluding carboxylic acids is 2. The van der Waals surface area contributed by atoms with E-state index in [1.807, 2.05) is 65.3 Å². The fourth-order valence-corrected chi connectivity index (χ4v) is 4.89. The average Bonchev–Trinajstić information content (AvgIpc) is 3.34. The van der Waals surface area contributed by atoms with E-state index in [4.69, 9.17) is 9.97 Å². The lowest BCUT2D eigenvalue weighted by atomic mass is 10.0. The van der Waals surface area contributed by atoms with Crippen molar-refractivity contribution < 1.29 is 9.59 Å². The molecule has 0 radical (unpaired) electrons. The van der Waals surface area contributed by atoms with Crippen molar-refractivity contribution in [1.82, 2.24) is 14.9 Å². The first-order valence-electron chi connectivity index (χ1n) is 11.7. The zero-order chi connectivity index (χ0) is 22.8. The van der Waals surface area contributed by atoms with Gasteiger partial charge in [-0.2, -0.15) is 0 Å². The number of hydrogen-bond donors (Lipinski definition) is 0. The number of nitrogens with zero attached hydrogens (tertiary/aromatic N) is 4. The topological polar surface area (TPSA) is 66.4 Å². The third-order valence-corrected chi connectivity index (χ3v) is 6.65. The highest BCUT2D eigenvalue weighted by Crippen LogP contribution is 2.35. The number of likely N-dealkylation sites (tertiary alicyclic amines) is 1. The molecule has 6 nitrogen and oxygen atoms in total. The van der Waals surface area contributed by atoms with E-state index in [9.17, 15) is 9.59 Å². The molecule has 0 N–H and O–H groups in total. The molecule has 1 fully saturated rings. The van der Waals surface area contributed by atoms with Crippen LogP contribution in [-0.4, -0.2) is 39.8 Å². The summed E-state index contributed by atoms with van der Waals surface area (Å²) in [6, 6.07) is 19.4. The molecule has 3 aromatic rings. The van der Waals surface area contributed by atoms with Gasteiger partial charge in [0.05, 0.1) is 6.04 Å². The predicted octanol–water partition coefficient (Wildman–Crippen LogP) is 4.28. The summed E-state index contributed by atoms with van der Waals surface area (Å²) in [5.74, 6) is 1.48. The molecule has 1 saturated heterocycles. The van der Waals surface area contributed by atoms with Gasteiger partial charge in [0.15, 0.2) is 5.82 Å². The summed E-state index contributed by atoms with van der Waals surface area (Å²) in [6.45, 7) is 3.27. The molecule has 2 aliphatic rings. The van der Waals surface area contributed by atoms with E-state index < -0.39 is 0 Å². The Morgan fingerprint density at radius 2 is 1.73 bits per heavy atom. The highest BCUT2D eigenvalue weighted by atomic mass is 16.2. The molecule has 0 bridgehead atoms. The highest BCUT2D eigenvalue weighted by molar-refractivity contribution is 5.96. The zero-order valence-corrected chi connectivity index (χ0v) is 18.9. The molecule has 168 valence electrons. The van der Waals surface area contributed by atoms with Crippen LogP contribution in [0.4, 0.5) is 5.82 Å². The van der Waals surface area contributed by atoms with Crippen LogP contribution in [0.3, 0.4) is 0 Å². The maximum atomic E-state index is 13.2. The van der Waals surface area contributed by atoms with Crippen LogP contribution in [0.15, 0.2) is 60.7 Å². The Kier molecular flexibility index (Phi) is 5.90. The Labute approximate surface area is 194 Å². The van der Waals surface area contributed by atoms with Crippen molar-refractivity contribution in [2.75, 3.05) is 18.0 Å². The van der Waals surface area contributed by atoms with Crippen molar-refractivity contribution in [3.05, 3.63) is 88.9 Å². The van der Waals surface area contributed by atoms with E-state index in [2.05, 4.69) is 12.1 Å². The summed E-state index contributed by atoms with van der Waals surface area (Å²) in [5.41, 5.74) is 3.83. The van der Waals surface area contributed by atoms with Gasteiger partial charge in [0.1, 0.15) is 5.82 Å². The second-order valence-electron chi connectivity index (χ2n) is 8.77. The van der Waals surface area contributed by atoms with Gasteiger partial charge in [-0.3, -0.25) is 14.5 Å². The summed E-state index contributed by atoms with van der Waals surface area (Å²) in [5, 5.41) is 0. The Hall–Kier alpha value is -3.54. The molecule has 1 atom stereocenters. The van der Waals surface area contributed by atoms with Crippen LogP contribution in [0, 0.1) is 6.92 Å². The fraction of sp³-hybridized carbons (Fsp3) is 0.333. The van der Waals surface area contributed by atoms with Crippen LogP contribution in [0.5, 0.6) is 0 Å². The molecule has 2 amide bonds. The summed E-state index contributed by atoms with van der Waals surface area (Å²) in [6.07, 6.45) is 3.66. The van der Waals surface area contributed by atoms with Crippen molar-refractivity contribution in [3.8, 4) is 0 Å². The smallest absolute Gasteiger partial charge is 0.254 e. The molecule has 33 heavy (non-hydrogen) atoms. The quantitative estimate of drug-likeness (QED) is 0.594. The van der Waals surface area contributed by atoms with Gasteiger partial charge in [-0.05, 0) is 50.3 Å². The van der Waals surface area contributed by atoms with Crippen LogP contribution in [0.2, 0.25) is 0 Å². The molecular weight excluding hydrogens is 412 g/mol. The number of amides is 2. The first-order valence-corrected chi connectivity index (χ1v) is 11.7. The van der Waals surface area contributed by atoms with Gasteiger partial charge >= 0.3 is 0 Å². The lowest BCUT2D eigenvalue weighted by molar-refractivity contribution is -0.118.